The number of carbonyl (C=O) groups excluding carboxylic acids is 1. The molecule has 0 fully saturated rings. The van der Waals surface area contributed by atoms with Gasteiger partial charge in [0, 0.05) is 23.3 Å². The van der Waals surface area contributed by atoms with Crippen molar-refractivity contribution in [3.8, 4) is 0 Å². The molecular weight excluding hydrogens is 226 g/mol. The number of nitrogens with one attached hydrogen (secondary N) is 2. The minimum atomic E-state index is -0.168. The van der Waals surface area contributed by atoms with Gasteiger partial charge in [0.05, 0.1) is 11.7 Å². The molecule has 0 atom stereocenters. The third kappa shape index (κ3) is 1.46. The van der Waals surface area contributed by atoms with Crippen LogP contribution in [0, 0.1) is 6.92 Å². The second kappa shape index (κ2) is 3.84. The summed E-state index contributed by atoms with van der Waals surface area (Å²) in [6.07, 6.45) is 1.71. The number of carbonyl (C=O) groups is 1. The molecule has 0 radical (unpaired) electrons. The lowest BCUT2D eigenvalue weighted by Crippen LogP contribution is -2.18. The normalized spacial score (nSPS) is 11.0. The lowest BCUT2D eigenvalue weighted by atomic mass is 10.1. The van der Waals surface area contributed by atoms with Crippen LogP contribution in [0.5, 0.6) is 0 Å². The Hall–Kier alpha value is -2.36. The van der Waals surface area contributed by atoms with Gasteiger partial charge in [0.25, 0.3) is 5.91 Å². The fourth-order valence-corrected chi connectivity index (χ4v) is 2.22. The molecular formula is C14H13N3O. The number of pyridine rings is 1. The van der Waals surface area contributed by atoms with Gasteiger partial charge in [0.2, 0.25) is 0 Å². The van der Waals surface area contributed by atoms with E-state index in [1.54, 1.807) is 13.2 Å². The van der Waals surface area contributed by atoms with Crippen LogP contribution in [0.15, 0.2) is 30.5 Å². The molecule has 4 nitrogen and oxygen atoms in total. The van der Waals surface area contributed by atoms with Crippen molar-refractivity contribution in [2.75, 3.05) is 7.05 Å². The van der Waals surface area contributed by atoms with Crippen LogP contribution < -0.4 is 5.32 Å². The number of nitrogens with zero attached hydrogens (tertiary/aromatic N) is 1. The summed E-state index contributed by atoms with van der Waals surface area (Å²) < 4.78 is 0. The molecule has 0 unspecified atom stereocenters. The fourth-order valence-electron chi connectivity index (χ4n) is 2.22. The summed E-state index contributed by atoms with van der Waals surface area (Å²) in [5, 5.41) is 4.74. The van der Waals surface area contributed by atoms with Gasteiger partial charge in [0.1, 0.15) is 5.69 Å². The van der Waals surface area contributed by atoms with Gasteiger partial charge < -0.3 is 10.3 Å². The van der Waals surface area contributed by atoms with Crippen molar-refractivity contribution in [3.05, 3.63) is 41.7 Å². The molecule has 0 spiro atoms. The summed E-state index contributed by atoms with van der Waals surface area (Å²) in [5.74, 6) is -0.168. The smallest absolute Gasteiger partial charge is 0.269 e. The Morgan fingerprint density at radius 1 is 1.33 bits per heavy atom. The number of aryl methyl sites for hydroxylation is 1. The minimum Gasteiger partial charge on any atom is -0.354 e. The number of hydrogen-bond acceptors (Lipinski definition) is 2. The third-order valence-corrected chi connectivity index (χ3v) is 3.19. The third-order valence-electron chi connectivity index (χ3n) is 3.19. The molecule has 0 saturated heterocycles. The Labute approximate surface area is 104 Å². The van der Waals surface area contributed by atoms with Crippen molar-refractivity contribution in [2.45, 2.75) is 6.92 Å². The maximum atomic E-state index is 11.6. The number of fused-ring (bicyclic) bond motifs is 3. The van der Waals surface area contributed by atoms with Crippen LogP contribution in [-0.2, 0) is 0 Å². The summed E-state index contributed by atoms with van der Waals surface area (Å²) >= 11 is 0. The molecule has 1 aromatic carbocycles. The van der Waals surface area contributed by atoms with E-state index in [9.17, 15) is 4.79 Å². The zero-order chi connectivity index (χ0) is 12.7. The van der Waals surface area contributed by atoms with Crippen molar-refractivity contribution in [3.63, 3.8) is 0 Å². The molecule has 3 aromatic rings. The molecule has 0 aliphatic rings. The molecule has 2 heterocycles. The van der Waals surface area contributed by atoms with Crippen molar-refractivity contribution >= 4 is 27.7 Å². The minimum absolute atomic E-state index is 0.168. The summed E-state index contributed by atoms with van der Waals surface area (Å²) in [4.78, 5) is 19.1. The average molecular weight is 239 g/mol. The van der Waals surface area contributed by atoms with Crippen molar-refractivity contribution in [2.24, 2.45) is 0 Å². The van der Waals surface area contributed by atoms with Gasteiger partial charge >= 0.3 is 0 Å². The van der Waals surface area contributed by atoms with Crippen molar-refractivity contribution < 1.29 is 4.79 Å². The number of aromatic amines is 1. The zero-order valence-electron chi connectivity index (χ0n) is 10.2. The van der Waals surface area contributed by atoms with E-state index < -0.39 is 0 Å². The highest BCUT2D eigenvalue weighted by Gasteiger charge is 2.10. The molecule has 1 amide bonds. The Kier molecular flexibility index (Phi) is 2.30. The van der Waals surface area contributed by atoms with Gasteiger partial charge in [-0.2, -0.15) is 0 Å². The van der Waals surface area contributed by atoms with Crippen LogP contribution in [-0.4, -0.2) is 22.9 Å². The molecule has 0 aliphatic heterocycles. The maximum absolute atomic E-state index is 11.6. The van der Waals surface area contributed by atoms with Gasteiger partial charge in [-0.3, -0.25) is 4.79 Å². The Balaban J connectivity index is 2.36. The van der Waals surface area contributed by atoms with Crippen LogP contribution in [0.3, 0.4) is 0 Å². The molecule has 2 aromatic heterocycles. The Morgan fingerprint density at radius 2 is 2.17 bits per heavy atom. The first-order valence-corrected chi connectivity index (χ1v) is 5.80. The summed E-state index contributed by atoms with van der Waals surface area (Å²) in [6, 6.07) is 7.96. The predicted octanol–water partition coefficient (Wildman–Crippen LogP) is 2.38. The quantitative estimate of drug-likeness (QED) is 0.685. The van der Waals surface area contributed by atoms with Crippen LogP contribution in [0.25, 0.3) is 21.8 Å². The van der Waals surface area contributed by atoms with Crippen LogP contribution in [0.4, 0.5) is 0 Å². The lowest BCUT2D eigenvalue weighted by molar-refractivity contribution is 0.0958. The van der Waals surface area contributed by atoms with Crippen LogP contribution in [0.1, 0.15) is 16.1 Å². The molecule has 4 heteroatoms. The zero-order valence-corrected chi connectivity index (χ0v) is 10.2. The number of H-pyrrole nitrogens is 1. The van der Waals surface area contributed by atoms with E-state index in [0.29, 0.717) is 5.69 Å². The van der Waals surface area contributed by atoms with E-state index in [-0.39, 0.29) is 5.91 Å². The fraction of sp³-hybridized carbons (Fsp3) is 0.143. The second-order valence-corrected chi connectivity index (χ2v) is 4.32. The van der Waals surface area contributed by atoms with Gasteiger partial charge in [0.15, 0.2) is 0 Å². The lowest BCUT2D eigenvalue weighted by Gasteiger charge is -1.98. The highest BCUT2D eigenvalue weighted by atomic mass is 16.1. The first-order chi connectivity index (χ1) is 8.70. The van der Waals surface area contributed by atoms with Gasteiger partial charge in [-0.1, -0.05) is 18.2 Å². The van der Waals surface area contributed by atoms with Gasteiger partial charge in [-0.25, -0.2) is 4.98 Å². The van der Waals surface area contributed by atoms with Crippen LogP contribution >= 0.6 is 0 Å². The molecule has 2 N–H and O–H groups in total. The molecule has 90 valence electrons. The molecule has 0 bridgehead atoms. The number of rotatable bonds is 1. The summed E-state index contributed by atoms with van der Waals surface area (Å²) in [7, 11) is 1.60. The van der Waals surface area contributed by atoms with E-state index in [2.05, 4.69) is 34.3 Å². The highest BCUT2D eigenvalue weighted by Crippen LogP contribution is 2.27. The predicted molar refractivity (Wildman–Crippen MR) is 71.7 cm³/mol. The molecule has 18 heavy (non-hydrogen) atoms. The van der Waals surface area contributed by atoms with E-state index in [0.717, 1.165) is 21.8 Å². The second-order valence-electron chi connectivity index (χ2n) is 4.32. The number of hydrogen-bond donors (Lipinski definition) is 2. The topological polar surface area (TPSA) is 57.8 Å². The number of aromatic nitrogens is 2. The average Bonchev–Trinajstić information content (AvgIpc) is 2.77. The van der Waals surface area contributed by atoms with E-state index >= 15 is 0 Å². The van der Waals surface area contributed by atoms with Gasteiger partial charge in [-0.05, 0) is 18.6 Å². The molecule has 3 rings (SSSR count). The summed E-state index contributed by atoms with van der Waals surface area (Å²) in [6.45, 7) is 2.06. The molecule has 0 aliphatic carbocycles. The van der Waals surface area contributed by atoms with Crippen LogP contribution in [0.2, 0.25) is 0 Å². The molecule has 0 saturated carbocycles. The van der Waals surface area contributed by atoms with E-state index in [4.69, 9.17) is 0 Å². The van der Waals surface area contributed by atoms with E-state index in [1.165, 1.54) is 5.56 Å². The Bertz CT molecular complexity index is 758. The number of para-hydroxylation sites is 1. The first-order valence-electron chi connectivity index (χ1n) is 5.80. The number of benzene rings is 1. The number of amides is 1. The van der Waals surface area contributed by atoms with Gasteiger partial charge in [-0.15, -0.1) is 0 Å². The van der Waals surface area contributed by atoms with Crippen molar-refractivity contribution in [1.82, 2.24) is 15.3 Å². The monoisotopic (exact) mass is 239 g/mol. The largest absolute Gasteiger partial charge is 0.354 e. The SMILES string of the molecule is CNC(=O)c1cc2c(cn1)[nH]c1c(C)cccc12. The Morgan fingerprint density at radius 3 is 2.94 bits per heavy atom. The van der Waals surface area contributed by atoms with Crippen molar-refractivity contribution in [1.29, 1.82) is 0 Å². The standard InChI is InChI=1S/C14H13N3O/c1-8-4-3-5-9-10-6-11(14(18)15-2)16-7-12(10)17-13(8)9/h3-7,17H,1-2H3,(H,15,18). The first kappa shape index (κ1) is 10.8. The maximum Gasteiger partial charge on any atom is 0.269 e. The van der Waals surface area contributed by atoms with E-state index in [1.807, 2.05) is 12.1 Å². The summed E-state index contributed by atoms with van der Waals surface area (Å²) in [5.41, 5.74) is 3.67. The highest BCUT2D eigenvalue weighted by molar-refractivity contribution is 6.09.